The summed E-state index contributed by atoms with van der Waals surface area (Å²) in [6, 6.07) is 7.31. The van der Waals surface area contributed by atoms with Crippen LogP contribution in [0.15, 0.2) is 22.6 Å². The van der Waals surface area contributed by atoms with Crippen molar-refractivity contribution < 1.29 is 18.0 Å². The van der Waals surface area contributed by atoms with Crippen molar-refractivity contribution in [2.24, 2.45) is 5.92 Å². The van der Waals surface area contributed by atoms with Crippen LogP contribution in [0.5, 0.6) is 0 Å². The molecule has 6 nitrogen and oxygen atoms in total. The lowest BCUT2D eigenvalue weighted by molar-refractivity contribution is 0.0611. The first-order chi connectivity index (χ1) is 12.6. The van der Waals surface area contributed by atoms with Gasteiger partial charge in [-0.2, -0.15) is 14.0 Å². The van der Waals surface area contributed by atoms with Gasteiger partial charge in [0.25, 0.3) is 11.8 Å². The fourth-order valence-electron chi connectivity index (χ4n) is 3.80. The maximum absolute atomic E-state index is 12.9. The third kappa shape index (κ3) is 2.73. The molecule has 26 heavy (non-hydrogen) atoms. The number of alkyl halides is 2. The van der Waals surface area contributed by atoms with Crippen LogP contribution in [-0.2, 0) is 6.54 Å². The van der Waals surface area contributed by atoms with Crippen LogP contribution in [0, 0.1) is 17.2 Å². The predicted octanol–water partition coefficient (Wildman–Crippen LogP) is 3.71. The molecule has 134 valence electrons. The average Bonchev–Trinajstić information content (AvgIpc) is 3.27. The molecule has 8 heteroatoms. The van der Waals surface area contributed by atoms with Crippen molar-refractivity contribution in [3.63, 3.8) is 0 Å². The van der Waals surface area contributed by atoms with Crippen molar-refractivity contribution in [2.45, 2.75) is 44.7 Å². The number of aromatic nitrogens is 2. The topological polar surface area (TPSA) is 83.0 Å². The summed E-state index contributed by atoms with van der Waals surface area (Å²) in [6.45, 7) is 0.462. The summed E-state index contributed by atoms with van der Waals surface area (Å²) in [7, 11) is 0. The number of benzene rings is 1. The molecule has 0 bridgehead atoms. The second-order valence-electron chi connectivity index (χ2n) is 6.64. The van der Waals surface area contributed by atoms with Gasteiger partial charge in [-0.1, -0.05) is 18.9 Å². The third-order valence-electron chi connectivity index (χ3n) is 5.11. The second kappa shape index (κ2) is 6.48. The van der Waals surface area contributed by atoms with E-state index in [-0.39, 0.29) is 23.8 Å². The van der Waals surface area contributed by atoms with Crippen molar-refractivity contribution in [1.82, 2.24) is 15.1 Å². The van der Waals surface area contributed by atoms with Crippen LogP contribution in [-0.4, -0.2) is 27.0 Å². The standard InChI is InChI=1S/C18H16F2N4O2/c19-15(20)17-23-22-16(26-17)10-5-6-12-9-24(18(25)13(12)7-10)14-4-2-1-3-11(14)8-21/h5-7,11,14-15H,1-4,9H2/t11?,14-/m1/s1. The molecule has 2 atom stereocenters. The number of fused-ring (bicyclic) bond motifs is 1. The molecule has 1 fully saturated rings. The highest BCUT2D eigenvalue weighted by Gasteiger charge is 2.38. The van der Waals surface area contributed by atoms with E-state index in [0.29, 0.717) is 17.7 Å². The van der Waals surface area contributed by atoms with E-state index < -0.39 is 12.3 Å². The lowest BCUT2D eigenvalue weighted by Crippen LogP contribution is -2.42. The zero-order valence-electron chi connectivity index (χ0n) is 13.9. The highest BCUT2D eigenvalue weighted by molar-refractivity contribution is 5.99. The molecule has 4 rings (SSSR count). The van der Waals surface area contributed by atoms with E-state index in [4.69, 9.17) is 4.42 Å². The minimum absolute atomic E-state index is 0.0399. The van der Waals surface area contributed by atoms with Gasteiger partial charge < -0.3 is 9.32 Å². The highest BCUT2D eigenvalue weighted by atomic mass is 19.3. The number of hydrogen-bond acceptors (Lipinski definition) is 5. The van der Waals surface area contributed by atoms with Crippen LogP contribution < -0.4 is 0 Å². The van der Waals surface area contributed by atoms with Crippen LogP contribution in [0.1, 0.15) is 53.9 Å². The molecule has 0 saturated heterocycles. The molecule has 1 unspecified atom stereocenters. The molecule has 1 saturated carbocycles. The van der Waals surface area contributed by atoms with E-state index in [1.807, 2.05) is 0 Å². The van der Waals surface area contributed by atoms with Gasteiger partial charge in [0.05, 0.1) is 12.0 Å². The number of carbonyl (C=O) groups is 1. The second-order valence-corrected chi connectivity index (χ2v) is 6.64. The Hall–Kier alpha value is -2.82. The normalized spacial score (nSPS) is 22.5. The number of rotatable bonds is 3. The highest BCUT2D eigenvalue weighted by Crippen LogP contribution is 2.35. The van der Waals surface area contributed by atoms with E-state index in [1.54, 1.807) is 23.1 Å². The summed E-state index contributed by atoms with van der Waals surface area (Å²) in [5, 5.41) is 16.3. The Balaban J connectivity index is 1.62. The molecule has 2 aromatic rings. The molecular formula is C18H16F2N4O2. The monoisotopic (exact) mass is 358 g/mol. The predicted molar refractivity (Wildman–Crippen MR) is 85.9 cm³/mol. The first kappa shape index (κ1) is 16.6. The molecular weight excluding hydrogens is 342 g/mol. The van der Waals surface area contributed by atoms with Gasteiger partial charge in [0.15, 0.2) is 0 Å². The summed E-state index contributed by atoms with van der Waals surface area (Å²) >= 11 is 0. The van der Waals surface area contributed by atoms with E-state index >= 15 is 0 Å². The smallest absolute Gasteiger partial charge is 0.314 e. The maximum atomic E-state index is 12.9. The van der Waals surface area contributed by atoms with Gasteiger partial charge in [0, 0.05) is 23.7 Å². The van der Waals surface area contributed by atoms with E-state index in [0.717, 1.165) is 31.2 Å². The Morgan fingerprint density at radius 3 is 2.81 bits per heavy atom. The largest absolute Gasteiger partial charge is 0.415 e. The van der Waals surface area contributed by atoms with E-state index in [2.05, 4.69) is 16.3 Å². The quantitative estimate of drug-likeness (QED) is 0.835. The molecule has 2 aliphatic rings. The van der Waals surface area contributed by atoms with E-state index in [9.17, 15) is 18.8 Å². The average molecular weight is 358 g/mol. The number of nitriles is 1. The van der Waals surface area contributed by atoms with Crippen molar-refractivity contribution in [1.29, 1.82) is 5.26 Å². The van der Waals surface area contributed by atoms with Crippen molar-refractivity contribution >= 4 is 5.91 Å². The Kier molecular flexibility index (Phi) is 4.15. The molecule has 1 aliphatic carbocycles. The van der Waals surface area contributed by atoms with Gasteiger partial charge in [0.1, 0.15) is 0 Å². The molecule has 0 spiro atoms. The summed E-state index contributed by atoms with van der Waals surface area (Å²) in [5.74, 6) is -1.07. The Morgan fingerprint density at radius 2 is 2.08 bits per heavy atom. The summed E-state index contributed by atoms with van der Waals surface area (Å²) in [5.41, 5.74) is 1.79. The van der Waals surface area contributed by atoms with Gasteiger partial charge >= 0.3 is 6.43 Å². The first-order valence-electron chi connectivity index (χ1n) is 8.54. The first-order valence-corrected chi connectivity index (χ1v) is 8.54. The molecule has 1 aliphatic heterocycles. The van der Waals surface area contributed by atoms with Crippen molar-refractivity contribution in [3.05, 3.63) is 35.2 Å². The molecule has 0 N–H and O–H groups in total. The van der Waals surface area contributed by atoms with Gasteiger partial charge in [-0.3, -0.25) is 4.79 Å². The van der Waals surface area contributed by atoms with Crippen LogP contribution in [0.25, 0.3) is 11.5 Å². The van der Waals surface area contributed by atoms with E-state index in [1.165, 1.54) is 0 Å². The zero-order valence-corrected chi connectivity index (χ0v) is 13.9. The Morgan fingerprint density at radius 1 is 1.27 bits per heavy atom. The fourth-order valence-corrected chi connectivity index (χ4v) is 3.80. The molecule has 1 aromatic heterocycles. The lowest BCUT2D eigenvalue weighted by Gasteiger charge is -2.34. The SMILES string of the molecule is N#CC1CCCC[C@H]1N1Cc2ccc(-c3nnc(C(F)F)o3)cc2C1=O. The Bertz CT molecular complexity index is 890. The molecule has 0 radical (unpaired) electrons. The fraction of sp³-hybridized carbons (Fsp3) is 0.444. The lowest BCUT2D eigenvalue weighted by atomic mass is 9.84. The minimum atomic E-state index is -2.84. The van der Waals surface area contributed by atoms with Gasteiger partial charge in [0.2, 0.25) is 5.89 Å². The van der Waals surface area contributed by atoms with Gasteiger partial charge in [-0.25, -0.2) is 0 Å². The molecule has 1 amide bonds. The number of hydrogen-bond donors (Lipinski definition) is 0. The van der Waals surface area contributed by atoms with Gasteiger partial charge in [-0.15, -0.1) is 10.2 Å². The summed E-state index contributed by atoms with van der Waals surface area (Å²) in [6.07, 6.45) is 0.818. The molecule has 1 aromatic carbocycles. The van der Waals surface area contributed by atoms with Crippen LogP contribution in [0.4, 0.5) is 8.78 Å². The summed E-state index contributed by atoms with van der Waals surface area (Å²) < 4.78 is 30.2. The minimum Gasteiger partial charge on any atom is -0.415 e. The number of amides is 1. The summed E-state index contributed by atoms with van der Waals surface area (Å²) in [4.78, 5) is 14.6. The molecule has 2 heterocycles. The zero-order chi connectivity index (χ0) is 18.3. The Labute approximate surface area is 148 Å². The van der Waals surface area contributed by atoms with Crippen molar-refractivity contribution in [2.75, 3.05) is 0 Å². The maximum Gasteiger partial charge on any atom is 0.314 e. The van der Waals surface area contributed by atoms with Crippen LogP contribution >= 0.6 is 0 Å². The number of halogens is 2. The number of carbonyl (C=O) groups excluding carboxylic acids is 1. The van der Waals surface area contributed by atoms with Gasteiger partial charge in [-0.05, 0) is 30.5 Å². The third-order valence-corrected chi connectivity index (χ3v) is 5.11. The number of nitrogens with zero attached hydrogens (tertiary/aromatic N) is 4. The van der Waals surface area contributed by atoms with Crippen LogP contribution in [0.3, 0.4) is 0 Å². The van der Waals surface area contributed by atoms with Crippen LogP contribution in [0.2, 0.25) is 0 Å². The van der Waals surface area contributed by atoms with Crippen molar-refractivity contribution in [3.8, 4) is 17.5 Å².